The number of aromatic nitrogens is 1. The first-order valence-electron chi connectivity index (χ1n) is 10.3. The van der Waals surface area contributed by atoms with Gasteiger partial charge in [-0.3, -0.25) is 14.7 Å². The number of carbonyl (C=O) groups excluding carboxylic acids is 2. The van der Waals surface area contributed by atoms with E-state index in [0.717, 1.165) is 6.07 Å². The number of nitrogens with zero attached hydrogens (tertiary/aromatic N) is 2. The minimum absolute atomic E-state index is 0.107. The summed E-state index contributed by atoms with van der Waals surface area (Å²) in [5.41, 5.74) is 0.414. The second kappa shape index (κ2) is 10.4. The maximum absolute atomic E-state index is 13.5. The van der Waals surface area contributed by atoms with Gasteiger partial charge in [-0.05, 0) is 63.2 Å². The Bertz CT molecular complexity index is 1130. The molecular formula is C25H24ClFN2O4. The number of hydrogen-bond acceptors (Lipinski definition) is 5. The minimum atomic E-state index is -0.664. The molecule has 0 spiro atoms. The zero-order valence-electron chi connectivity index (χ0n) is 18.5. The number of hydrogen-bond donors (Lipinski definition) is 0. The standard InChI is InChI=1S/C25H24ClFN2O4/c1-25(2,3)33-24(31)29(21-7-9-28-10-8-21)11-12-32-22-15-18(13-19(26)16-22)23(30)17-5-4-6-20(27)14-17/h4-10,13-16H,11-12H2,1-3H3. The summed E-state index contributed by atoms with van der Waals surface area (Å²) in [6.45, 7) is 5.65. The number of ether oxygens (including phenoxy) is 2. The minimum Gasteiger partial charge on any atom is -0.492 e. The topological polar surface area (TPSA) is 68.7 Å². The summed E-state index contributed by atoms with van der Waals surface area (Å²) in [6.07, 6.45) is 2.63. The molecule has 3 aromatic rings. The second-order valence-corrected chi connectivity index (χ2v) is 8.64. The van der Waals surface area contributed by atoms with Gasteiger partial charge < -0.3 is 9.47 Å². The maximum Gasteiger partial charge on any atom is 0.414 e. The summed E-state index contributed by atoms with van der Waals surface area (Å²) in [6, 6.07) is 13.4. The van der Waals surface area contributed by atoms with Crippen molar-refractivity contribution in [3.8, 4) is 5.75 Å². The van der Waals surface area contributed by atoms with Crippen LogP contribution in [0, 0.1) is 5.82 Å². The highest BCUT2D eigenvalue weighted by Crippen LogP contribution is 2.24. The van der Waals surface area contributed by atoms with Crippen LogP contribution in [0.3, 0.4) is 0 Å². The van der Waals surface area contributed by atoms with Crippen molar-refractivity contribution >= 4 is 29.2 Å². The maximum atomic E-state index is 13.5. The predicted octanol–water partition coefficient (Wildman–Crippen LogP) is 5.93. The first kappa shape index (κ1) is 24.2. The molecule has 0 aliphatic heterocycles. The van der Waals surface area contributed by atoms with Crippen LogP contribution >= 0.6 is 11.6 Å². The van der Waals surface area contributed by atoms with E-state index in [9.17, 15) is 14.0 Å². The summed E-state index contributed by atoms with van der Waals surface area (Å²) in [5.74, 6) is -0.534. The zero-order chi connectivity index (χ0) is 24.0. The number of rotatable bonds is 7. The molecule has 0 saturated carbocycles. The fraction of sp³-hybridized carbons (Fsp3) is 0.240. The molecule has 0 bridgehead atoms. The van der Waals surface area contributed by atoms with E-state index in [4.69, 9.17) is 21.1 Å². The summed E-state index contributed by atoms with van der Waals surface area (Å²) in [7, 11) is 0. The largest absolute Gasteiger partial charge is 0.492 e. The van der Waals surface area contributed by atoms with Crippen LogP contribution in [0.2, 0.25) is 5.02 Å². The van der Waals surface area contributed by atoms with Gasteiger partial charge in [0.15, 0.2) is 5.78 Å². The molecule has 0 fully saturated rings. The molecule has 1 amide bonds. The fourth-order valence-electron chi connectivity index (χ4n) is 3.00. The van der Waals surface area contributed by atoms with Crippen LogP contribution in [0.1, 0.15) is 36.7 Å². The highest BCUT2D eigenvalue weighted by atomic mass is 35.5. The number of halogens is 2. The molecule has 0 saturated heterocycles. The highest BCUT2D eigenvalue weighted by Gasteiger charge is 2.23. The van der Waals surface area contributed by atoms with E-state index >= 15 is 0 Å². The number of ketones is 1. The smallest absolute Gasteiger partial charge is 0.414 e. The van der Waals surface area contributed by atoms with Crippen LogP contribution < -0.4 is 9.64 Å². The van der Waals surface area contributed by atoms with Gasteiger partial charge in [0.1, 0.15) is 23.8 Å². The molecular weight excluding hydrogens is 447 g/mol. The lowest BCUT2D eigenvalue weighted by Crippen LogP contribution is -2.39. The van der Waals surface area contributed by atoms with Gasteiger partial charge in [0.05, 0.1) is 12.2 Å². The summed E-state index contributed by atoms with van der Waals surface area (Å²) >= 11 is 6.18. The van der Waals surface area contributed by atoms with E-state index < -0.39 is 17.5 Å². The van der Waals surface area contributed by atoms with E-state index in [1.165, 1.54) is 35.2 Å². The molecule has 0 N–H and O–H groups in total. The zero-order valence-corrected chi connectivity index (χ0v) is 19.3. The molecule has 0 unspecified atom stereocenters. The Kier molecular flexibility index (Phi) is 7.66. The van der Waals surface area contributed by atoms with Gasteiger partial charge in [-0.15, -0.1) is 0 Å². The summed E-state index contributed by atoms with van der Waals surface area (Å²) in [4.78, 5) is 30.9. The van der Waals surface area contributed by atoms with Crippen LogP contribution in [0.15, 0.2) is 67.0 Å². The Hall–Kier alpha value is -3.45. The van der Waals surface area contributed by atoms with Gasteiger partial charge in [0.2, 0.25) is 0 Å². The molecule has 172 valence electrons. The van der Waals surface area contributed by atoms with Crippen LogP contribution in [0.25, 0.3) is 0 Å². The monoisotopic (exact) mass is 470 g/mol. The Morgan fingerprint density at radius 2 is 1.76 bits per heavy atom. The van der Waals surface area contributed by atoms with Crippen molar-refractivity contribution in [2.45, 2.75) is 26.4 Å². The van der Waals surface area contributed by atoms with Crippen molar-refractivity contribution in [3.63, 3.8) is 0 Å². The van der Waals surface area contributed by atoms with Crippen molar-refractivity contribution in [3.05, 3.63) is 89.0 Å². The van der Waals surface area contributed by atoms with Gasteiger partial charge in [-0.2, -0.15) is 0 Å². The molecule has 33 heavy (non-hydrogen) atoms. The molecule has 1 aromatic heterocycles. The predicted molar refractivity (Wildman–Crippen MR) is 125 cm³/mol. The molecule has 8 heteroatoms. The molecule has 0 atom stereocenters. The highest BCUT2D eigenvalue weighted by molar-refractivity contribution is 6.31. The van der Waals surface area contributed by atoms with Crippen molar-refractivity contribution in [2.75, 3.05) is 18.1 Å². The number of benzene rings is 2. The Labute approximate surface area is 196 Å². The fourth-order valence-corrected chi connectivity index (χ4v) is 3.22. The van der Waals surface area contributed by atoms with Gasteiger partial charge in [0.25, 0.3) is 0 Å². The van der Waals surface area contributed by atoms with Crippen molar-refractivity contribution in [2.24, 2.45) is 0 Å². The lowest BCUT2D eigenvalue weighted by atomic mass is 10.0. The third-order valence-electron chi connectivity index (χ3n) is 4.39. The Morgan fingerprint density at radius 1 is 1.03 bits per heavy atom. The van der Waals surface area contributed by atoms with Crippen LogP contribution in [0.4, 0.5) is 14.9 Å². The second-order valence-electron chi connectivity index (χ2n) is 8.20. The number of pyridine rings is 1. The van der Waals surface area contributed by atoms with Gasteiger partial charge in [-0.25, -0.2) is 9.18 Å². The Balaban J connectivity index is 1.73. The molecule has 0 aliphatic carbocycles. The van der Waals surface area contributed by atoms with Crippen LogP contribution in [-0.2, 0) is 4.74 Å². The van der Waals surface area contributed by atoms with Crippen molar-refractivity contribution in [1.82, 2.24) is 4.98 Å². The number of amides is 1. The van der Waals surface area contributed by atoms with Crippen molar-refractivity contribution < 1.29 is 23.5 Å². The number of anilines is 1. The normalized spacial score (nSPS) is 11.1. The van der Waals surface area contributed by atoms with Crippen LogP contribution in [-0.4, -0.2) is 35.6 Å². The quantitative estimate of drug-likeness (QED) is 0.400. The first-order chi connectivity index (χ1) is 15.6. The summed E-state index contributed by atoms with van der Waals surface area (Å²) < 4.78 is 24.8. The van der Waals surface area contributed by atoms with E-state index in [2.05, 4.69) is 4.98 Å². The molecule has 0 radical (unpaired) electrons. The average molecular weight is 471 g/mol. The molecule has 6 nitrogen and oxygen atoms in total. The van der Waals surface area contributed by atoms with Gasteiger partial charge in [0, 0.05) is 28.5 Å². The first-order valence-corrected chi connectivity index (χ1v) is 10.6. The van der Waals surface area contributed by atoms with E-state index in [-0.39, 0.29) is 30.1 Å². The Morgan fingerprint density at radius 3 is 2.42 bits per heavy atom. The molecule has 3 rings (SSSR count). The third kappa shape index (κ3) is 7.02. The average Bonchev–Trinajstić information content (AvgIpc) is 2.75. The summed E-state index contributed by atoms with van der Waals surface area (Å²) in [5, 5.41) is 0.297. The molecule has 1 heterocycles. The van der Waals surface area contributed by atoms with E-state index in [0.29, 0.717) is 16.5 Å². The van der Waals surface area contributed by atoms with Crippen LogP contribution in [0.5, 0.6) is 5.75 Å². The third-order valence-corrected chi connectivity index (χ3v) is 4.61. The van der Waals surface area contributed by atoms with Gasteiger partial charge in [-0.1, -0.05) is 23.7 Å². The van der Waals surface area contributed by atoms with Crippen molar-refractivity contribution in [1.29, 1.82) is 0 Å². The van der Waals surface area contributed by atoms with Gasteiger partial charge >= 0.3 is 6.09 Å². The lowest BCUT2D eigenvalue weighted by molar-refractivity contribution is 0.0575. The number of carbonyl (C=O) groups is 2. The SMILES string of the molecule is CC(C)(C)OC(=O)N(CCOc1cc(Cl)cc(C(=O)c2cccc(F)c2)c1)c1ccncc1. The molecule has 0 aliphatic rings. The molecule has 2 aromatic carbocycles. The van der Waals surface area contributed by atoms with E-state index in [1.807, 2.05) is 0 Å². The lowest BCUT2D eigenvalue weighted by Gasteiger charge is -2.27. The van der Waals surface area contributed by atoms with E-state index in [1.54, 1.807) is 51.4 Å².